The maximum atomic E-state index is 2.45. The van der Waals surface area contributed by atoms with Gasteiger partial charge in [-0.2, -0.15) is 0 Å². The molecular formula is C16H35N. The second-order valence-electron chi connectivity index (χ2n) is 6.01. The lowest BCUT2D eigenvalue weighted by atomic mass is 9.87. The van der Waals surface area contributed by atoms with Crippen molar-refractivity contribution in [3.05, 3.63) is 0 Å². The quantitative estimate of drug-likeness (QED) is 0.447. The molecule has 0 aromatic carbocycles. The van der Waals surface area contributed by atoms with Gasteiger partial charge in [-0.3, -0.25) is 0 Å². The molecule has 0 radical (unpaired) electrons. The highest BCUT2D eigenvalue weighted by Crippen LogP contribution is 2.26. The zero-order chi connectivity index (χ0) is 13.1. The van der Waals surface area contributed by atoms with Crippen LogP contribution in [-0.2, 0) is 0 Å². The van der Waals surface area contributed by atoms with Gasteiger partial charge in [0, 0.05) is 5.54 Å². The fourth-order valence-corrected chi connectivity index (χ4v) is 2.44. The first kappa shape index (κ1) is 17.0. The first-order chi connectivity index (χ1) is 8.06. The molecule has 0 aromatic rings. The monoisotopic (exact) mass is 241 g/mol. The van der Waals surface area contributed by atoms with Gasteiger partial charge in [0.25, 0.3) is 0 Å². The van der Waals surface area contributed by atoms with Crippen molar-refractivity contribution >= 4 is 0 Å². The average Bonchev–Trinajstić information content (AvgIpc) is 2.30. The molecule has 0 bridgehead atoms. The Morgan fingerprint density at radius 2 is 1.12 bits per heavy atom. The highest BCUT2D eigenvalue weighted by atomic mass is 15.1. The lowest BCUT2D eigenvalue weighted by molar-refractivity contribution is 0.139. The Balaban J connectivity index is 3.90. The van der Waals surface area contributed by atoms with Crippen molar-refractivity contribution in [3.63, 3.8) is 0 Å². The van der Waals surface area contributed by atoms with Gasteiger partial charge in [0.2, 0.25) is 0 Å². The molecule has 0 aliphatic rings. The molecule has 0 aromatic heterocycles. The molecular weight excluding hydrogens is 206 g/mol. The SMILES string of the molecule is CCCCCCC(C)(CCCCCC)N(C)C. The zero-order valence-electron chi connectivity index (χ0n) is 13.0. The van der Waals surface area contributed by atoms with Gasteiger partial charge in [0.1, 0.15) is 0 Å². The van der Waals surface area contributed by atoms with E-state index in [4.69, 9.17) is 0 Å². The van der Waals surface area contributed by atoms with E-state index in [1.54, 1.807) is 0 Å². The normalized spacial score (nSPS) is 12.4. The standard InChI is InChI=1S/C16H35N/c1-6-8-10-12-14-16(3,17(4)5)15-13-11-9-7-2/h6-15H2,1-5H3. The minimum atomic E-state index is 0.432. The van der Waals surface area contributed by atoms with Crippen molar-refractivity contribution < 1.29 is 0 Å². The molecule has 0 aliphatic heterocycles. The number of unbranched alkanes of at least 4 members (excludes halogenated alkanes) is 6. The minimum Gasteiger partial charge on any atom is -0.304 e. The first-order valence-corrected chi connectivity index (χ1v) is 7.74. The van der Waals surface area contributed by atoms with Crippen molar-refractivity contribution in [1.29, 1.82) is 0 Å². The Kier molecular flexibility index (Phi) is 9.91. The molecule has 1 heteroatoms. The second-order valence-corrected chi connectivity index (χ2v) is 6.01. The van der Waals surface area contributed by atoms with Crippen molar-refractivity contribution in [2.24, 2.45) is 0 Å². The summed E-state index contributed by atoms with van der Waals surface area (Å²) in [6, 6.07) is 0. The lowest BCUT2D eigenvalue weighted by Crippen LogP contribution is -2.41. The van der Waals surface area contributed by atoms with Crippen LogP contribution in [0.4, 0.5) is 0 Å². The van der Waals surface area contributed by atoms with Gasteiger partial charge in [-0.05, 0) is 33.9 Å². The van der Waals surface area contributed by atoms with Crippen LogP contribution < -0.4 is 0 Å². The fourth-order valence-electron chi connectivity index (χ4n) is 2.44. The number of hydrogen-bond donors (Lipinski definition) is 0. The lowest BCUT2D eigenvalue weighted by Gasteiger charge is -2.37. The Morgan fingerprint density at radius 3 is 1.41 bits per heavy atom. The van der Waals surface area contributed by atoms with Crippen LogP contribution in [0.2, 0.25) is 0 Å². The van der Waals surface area contributed by atoms with Crippen LogP contribution in [0.5, 0.6) is 0 Å². The summed E-state index contributed by atoms with van der Waals surface area (Å²) in [4.78, 5) is 2.45. The first-order valence-electron chi connectivity index (χ1n) is 7.74. The van der Waals surface area contributed by atoms with E-state index in [2.05, 4.69) is 39.8 Å². The van der Waals surface area contributed by atoms with E-state index >= 15 is 0 Å². The molecule has 0 unspecified atom stereocenters. The van der Waals surface area contributed by atoms with Crippen LogP contribution in [0, 0.1) is 0 Å². The fraction of sp³-hybridized carbons (Fsp3) is 1.00. The highest BCUT2D eigenvalue weighted by Gasteiger charge is 2.25. The number of hydrogen-bond acceptors (Lipinski definition) is 1. The van der Waals surface area contributed by atoms with Gasteiger partial charge in [0.15, 0.2) is 0 Å². The molecule has 0 spiro atoms. The van der Waals surface area contributed by atoms with Crippen LogP contribution in [0.1, 0.15) is 85.0 Å². The Labute approximate surface area is 110 Å². The molecule has 0 saturated heterocycles. The van der Waals surface area contributed by atoms with Crippen LogP contribution in [0.3, 0.4) is 0 Å². The van der Waals surface area contributed by atoms with E-state index in [0.717, 1.165) is 0 Å². The predicted octanol–water partition coefficient (Wildman–Crippen LogP) is 5.25. The summed E-state index contributed by atoms with van der Waals surface area (Å²) in [7, 11) is 4.50. The smallest absolute Gasteiger partial charge is 0.0175 e. The molecule has 0 fully saturated rings. The molecule has 0 heterocycles. The molecule has 0 rings (SSSR count). The van der Waals surface area contributed by atoms with E-state index in [-0.39, 0.29) is 0 Å². The average molecular weight is 241 g/mol. The predicted molar refractivity (Wildman–Crippen MR) is 79.6 cm³/mol. The molecule has 0 amide bonds. The van der Waals surface area contributed by atoms with Crippen molar-refractivity contribution in [2.45, 2.75) is 90.5 Å². The van der Waals surface area contributed by atoms with Crippen LogP contribution in [0.25, 0.3) is 0 Å². The largest absolute Gasteiger partial charge is 0.304 e. The molecule has 0 saturated carbocycles. The van der Waals surface area contributed by atoms with E-state index in [1.165, 1.54) is 64.2 Å². The van der Waals surface area contributed by atoms with E-state index < -0.39 is 0 Å². The third-order valence-corrected chi connectivity index (χ3v) is 4.22. The van der Waals surface area contributed by atoms with Gasteiger partial charge >= 0.3 is 0 Å². The Bertz CT molecular complexity index is 151. The van der Waals surface area contributed by atoms with Crippen LogP contribution in [-0.4, -0.2) is 24.5 Å². The molecule has 104 valence electrons. The minimum absolute atomic E-state index is 0.432. The van der Waals surface area contributed by atoms with E-state index in [0.29, 0.717) is 5.54 Å². The maximum Gasteiger partial charge on any atom is 0.0175 e. The van der Waals surface area contributed by atoms with Gasteiger partial charge < -0.3 is 4.90 Å². The van der Waals surface area contributed by atoms with Crippen LogP contribution >= 0.6 is 0 Å². The van der Waals surface area contributed by atoms with Gasteiger partial charge in [-0.1, -0.05) is 65.2 Å². The molecule has 0 N–H and O–H groups in total. The summed E-state index contributed by atoms with van der Waals surface area (Å²) in [5.41, 5.74) is 0.432. The summed E-state index contributed by atoms with van der Waals surface area (Å²) in [5, 5.41) is 0. The summed E-state index contributed by atoms with van der Waals surface area (Å²) in [6.07, 6.45) is 13.8. The van der Waals surface area contributed by atoms with Crippen molar-refractivity contribution in [3.8, 4) is 0 Å². The molecule has 17 heavy (non-hydrogen) atoms. The summed E-state index contributed by atoms with van der Waals surface area (Å²) >= 11 is 0. The molecule has 1 nitrogen and oxygen atoms in total. The van der Waals surface area contributed by atoms with E-state index in [9.17, 15) is 0 Å². The third-order valence-electron chi connectivity index (χ3n) is 4.22. The maximum absolute atomic E-state index is 2.45. The topological polar surface area (TPSA) is 3.24 Å². The van der Waals surface area contributed by atoms with Crippen molar-refractivity contribution in [2.75, 3.05) is 14.1 Å². The molecule has 0 atom stereocenters. The zero-order valence-corrected chi connectivity index (χ0v) is 13.0. The van der Waals surface area contributed by atoms with E-state index in [1.807, 2.05) is 0 Å². The highest BCUT2D eigenvalue weighted by molar-refractivity contribution is 4.82. The second kappa shape index (κ2) is 9.94. The molecule has 0 aliphatic carbocycles. The summed E-state index contributed by atoms with van der Waals surface area (Å²) in [6.45, 7) is 7.02. The van der Waals surface area contributed by atoms with Gasteiger partial charge in [0.05, 0.1) is 0 Å². The number of nitrogens with zero attached hydrogens (tertiary/aromatic N) is 1. The summed E-state index contributed by atoms with van der Waals surface area (Å²) in [5.74, 6) is 0. The Hall–Kier alpha value is -0.0400. The number of rotatable bonds is 11. The van der Waals surface area contributed by atoms with Gasteiger partial charge in [-0.15, -0.1) is 0 Å². The van der Waals surface area contributed by atoms with Crippen molar-refractivity contribution in [1.82, 2.24) is 4.90 Å². The summed E-state index contributed by atoms with van der Waals surface area (Å²) < 4.78 is 0. The van der Waals surface area contributed by atoms with Gasteiger partial charge in [-0.25, -0.2) is 0 Å². The third kappa shape index (κ3) is 7.81. The Morgan fingerprint density at radius 1 is 0.706 bits per heavy atom. The van der Waals surface area contributed by atoms with Crippen LogP contribution in [0.15, 0.2) is 0 Å².